The third kappa shape index (κ3) is 4.31. The molecule has 1 aliphatic carbocycles. The highest BCUT2D eigenvalue weighted by atomic mass is 32.2. The molecule has 1 aliphatic rings. The monoisotopic (exact) mass is 376 g/mol. The summed E-state index contributed by atoms with van der Waals surface area (Å²) in [4.78, 5) is 14.3. The first-order valence-electron chi connectivity index (χ1n) is 8.70. The van der Waals surface area contributed by atoms with E-state index in [-0.39, 0.29) is 16.8 Å². The summed E-state index contributed by atoms with van der Waals surface area (Å²) >= 11 is 0. The van der Waals surface area contributed by atoms with Crippen molar-refractivity contribution in [3.63, 3.8) is 0 Å². The Labute approximate surface area is 154 Å². The number of nitrogens with one attached hydrogen (secondary N) is 1. The quantitative estimate of drug-likeness (QED) is 0.835. The van der Waals surface area contributed by atoms with Crippen LogP contribution in [0.4, 0.5) is 0 Å². The maximum absolute atomic E-state index is 12.7. The summed E-state index contributed by atoms with van der Waals surface area (Å²) < 4.78 is 29.6. The topological polar surface area (TPSA) is 84.3 Å². The highest BCUT2D eigenvalue weighted by Gasteiger charge is 2.24. The van der Waals surface area contributed by atoms with Crippen molar-refractivity contribution in [3.05, 3.63) is 47.8 Å². The molecule has 0 spiro atoms. The van der Waals surface area contributed by atoms with Crippen LogP contribution < -0.4 is 4.72 Å². The molecular weight excluding hydrogens is 352 g/mol. The second-order valence-electron chi connectivity index (χ2n) is 6.81. The molecule has 3 rings (SSSR count). The van der Waals surface area contributed by atoms with Gasteiger partial charge >= 0.3 is 0 Å². The molecule has 0 unspecified atom stereocenters. The van der Waals surface area contributed by atoms with Gasteiger partial charge in [0.05, 0.1) is 11.1 Å². The van der Waals surface area contributed by atoms with Crippen LogP contribution in [0.3, 0.4) is 0 Å². The van der Waals surface area contributed by atoms with E-state index >= 15 is 0 Å². The summed E-state index contributed by atoms with van der Waals surface area (Å²) in [6.45, 7) is 0.407. The Morgan fingerprint density at radius 2 is 2.08 bits per heavy atom. The van der Waals surface area contributed by atoms with Gasteiger partial charge < -0.3 is 4.90 Å². The van der Waals surface area contributed by atoms with Crippen molar-refractivity contribution in [1.29, 1.82) is 0 Å². The average molecular weight is 376 g/mol. The molecule has 7 nitrogen and oxygen atoms in total. The Morgan fingerprint density at radius 3 is 2.73 bits per heavy atom. The molecule has 1 N–H and O–H groups in total. The summed E-state index contributed by atoms with van der Waals surface area (Å²) in [5, 5.41) is 4.09. The smallest absolute Gasteiger partial charge is 0.253 e. The van der Waals surface area contributed by atoms with Gasteiger partial charge in [-0.1, -0.05) is 18.9 Å². The van der Waals surface area contributed by atoms with E-state index in [4.69, 9.17) is 0 Å². The molecule has 2 aromatic rings. The number of aromatic nitrogens is 2. The Hall–Kier alpha value is -2.19. The van der Waals surface area contributed by atoms with Gasteiger partial charge in [-0.15, -0.1) is 0 Å². The molecule has 0 atom stereocenters. The van der Waals surface area contributed by atoms with Crippen LogP contribution in [0.15, 0.2) is 41.6 Å². The number of carbonyl (C=O) groups excluding carboxylic acids is 1. The van der Waals surface area contributed by atoms with Crippen molar-refractivity contribution < 1.29 is 13.2 Å². The summed E-state index contributed by atoms with van der Waals surface area (Å²) in [7, 11) is -0.111. The highest BCUT2D eigenvalue weighted by molar-refractivity contribution is 7.89. The van der Waals surface area contributed by atoms with Gasteiger partial charge in [0.15, 0.2) is 0 Å². The van der Waals surface area contributed by atoms with Gasteiger partial charge in [0.1, 0.15) is 0 Å². The number of amides is 1. The zero-order chi connectivity index (χ0) is 18.7. The lowest BCUT2D eigenvalue weighted by atomic mass is 10.2. The van der Waals surface area contributed by atoms with Gasteiger partial charge in [0.2, 0.25) is 10.0 Å². The van der Waals surface area contributed by atoms with E-state index in [1.54, 1.807) is 35.0 Å². The lowest BCUT2D eigenvalue weighted by Gasteiger charge is -2.17. The van der Waals surface area contributed by atoms with E-state index in [0.717, 1.165) is 31.2 Å². The van der Waals surface area contributed by atoms with Crippen molar-refractivity contribution in [2.45, 2.75) is 43.2 Å². The summed E-state index contributed by atoms with van der Waals surface area (Å²) in [5.74, 6) is -0.230. The van der Waals surface area contributed by atoms with Crippen LogP contribution in [0.2, 0.25) is 0 Å². The number of nitrogens with zero attached hydrogens (tertiary/aromatic N) is 3. The largest absolute Gasteiger partial charge is 0.337 e. The molecule has 1 aromatic heterocycles. The maximum Gasteiger partial charge on any atom is 0.253 e. The fourth-order valence-corrected chi connectivity index (χ4v) is 4.60. The molecule has 1 heterocycles. The molecule has 1 saturated carbocycles. The first-order chi connectivity index (χ1) is 12.3. The summed E-state index contributed by atoms with van der Waals surface area (Å²) in [6.07, 6.45) is 7.37. The molecule has 1 fully saturated rings. The standard InChI is InChI=1S/C18H24N4O3S/c1-21(12-14-11-19-22(2)13-14)18(23)15-6-5-9-17(10-15)26(24,25)20-16-7-3-4-8-16/h5-6,9-11,13,16,20H,3-4,7-8,12H2,1-2H3. The molecule has 26 heavy (non-hydrogen) atoms. The fourth-order valence-electron chi connectivity index (χ4n) is 3.25. The second kappa shape index (κ2) is 7.59. The van der Waals surface area contributed by atoms with E-state index in [9.17, 15) is 13.2 Å². The predicted octanol–water partition coefficient (Wildman–Crippen LogP) is 1.91. The first-order valence-corrected chi connectivity index (χ1v) is 10.2. The van der Waals surface area contributed by atoms with E-state index in [0.29, 0.717) is 12.1 Å². The van der Waals surface area contributed by atoms with Crippen LogP contribution in [0.5, 0.6) is 0 Å². The number of aryl methyl sites for hydroxylation is 1. The van der Waals surface area contributed by atoms with Gasteiger partial charge in [0, 0.05) is 44.0 Å². The Bertz CT molecular complexity index is 885. The zero-order valence-electron chi connectivity index (χ0n) is 15.1. The lowest BCUT2D eigenvalue weighted by Crippen LogP contribution is -2.33. The van der Waals surface area contributed by atoms with Gasteiger partial charge in [0.25, 0.3) is 5.91 Å². The predicted molar refractivity (Wildman–Crippen MR) is 98.0 cm³/mol. The van der Waals surface area contributed by atoms with Gasteiger partial charge in [-0.25, -0.2) is 13.1 Å². The third-order valence-corrected chi connectivity index (χ3v) is 6.11. The molecular formula is C18H24N4O3S. The van der Waals surface area contributed by atoms with E-state index in [1.807, 2.05) is 13.2 Å². The van der Waals surface area contributed by atoms with Crippen LogP contribution >= 0.6 is 0 Å². The SMILES string of the molecule is CN(Cc1cnn(C)c1)C(=O)c1cccc(S(=O)(=O)NC2CCCC2)c1. The minimum Gasteiger partial charge on any atom is -0.337 e. The number of benzene rings is 1. The van der Waals surface area contributed by atoms with Gasteiger partial charge in [-0.05, 0) is 31.0 Å². The number of carbonyl (C=O) groups is 1. The van der Waals surface area contributed by atoms with Crippen molar-refractivity contribution in [1.82, 2.24) is 19.4 Å². The number of hydrogen-bond donors (Lipinski definition) is 1. The van der Waals surface area contributed by atoms with Gasteiger partial charge in [-0.2, -0.15) is 5.10 Å². The number of hydrogen-bond acceptors (Lipinski definition) is 4. The molecule has 140 valence electrons. The van der Waals surface area contributed by atoms with Crippen LogP contribution in [-0.4, -0.2) is 42.1 Å². The van der Waals surface area contributed by atoms with Crippen LogP contribution in [0.25, 0.3) is 0 Å². The zero-order valence-corrected chi connectivity index (χ0v) is 15.9. The highest BCUT2D eigenvalue weighted by Crippen LogP contribution is 2.21. The van der Waals surface area contributed by atoms with Crippen molar-refractivity contribution >= 4 is 15.9 Å². The fraction of sp³-hybridized carbons (Fsp3) is 0.444. The normalized spacial score (nSPS) is 15.3. The van der Waals surface area contributed by atoms with Crippen LogP contribution in [0, 0.1) is 0 Å². The van der Waals surface area contributed by atoms with Crippen LogP contribution in [0.1, 0.15) is 41.6 Å². The van der Waals surface area contributed by atoms with Crippen molar-refractivity contribution in [2.75, 3.05) is 7.05 Å². The molecule has 1 amide bonds. The molecule has 0 radical (unpaired) electrons. The maximum atomic E-state index is 12.7. The second-order valence-corrected chi connectivity index (χ2v) is 8.53. The van der Waals surface area contributed by atoms with E-state index in [1.165, 1.54) is 12.1 Å². The van der Waals surface area contributed by atoms with Crippen molar-refractivity contribution in [2.24, 2.45) is 7.05 Å². The summed E-state index contributed by atoms with van der Waals surface area (Å²) in [6, 6.07) is 6.20. The molecule has 0 aliphatic heterocycles. The summed E-state index contributed by atoms with van der Waals surface area (Å²) in [5.41, 5.74) is 1.26. The lowest BCUT2D eigenvalue weighted by molar-refractivity contribution is 0.0785. The molecule has 8 heteroatoms. The Morgan fingerprint density at radius 1 is 1.35 bits per heavy atom. The van der Waals surface area contributed by atoms with E-state index < -0.39 is 10.0 Å². The Balaban J connectivity index is 1.74. The number of rotatable bonds is 6. The average Bonchev–Trinajstić information content (AvgIpc) is 3.25. The van der Waals surface area contributed by atoms with Crippen LogP contribution in [-0.2, 0) is 23.6 Å². The molecule has 0 saturated heterocycles. The van der Waals surface area contributed by atoms with Gasteiger partial charge in [-0.3, -0.25) is 9.48 Å². The van der Waals surface area contributed by atoms with Crippen molar-refractivity contribution in [3.8, 4) is 0 Å². The molecule has 1 aromatic carbocycles. The Kier molecular flexibility index (Phi) is 5.43. The first kappa shape index (κ1) is 18.6. The minimum absolute atomic E-state index is 0.00684. The van der Waals surface area contributed by atoms with E-state index in [2.05, 4.69) is 9.82 Å². The minimum atomic E-state index is -3.62. The third-order valence-electron chi connectivity index (χ3n) is 4.59. The molecule has 0 bridgehead atoms. The number of sulfonamides is 1.